The number of fused-ring (bicyclic) bond motifs is 1. The van der Waals surface area contributed by atoms with Gasteiger partial charge in [0.25, 0.3) is 0 Å². The number of nitrogens with zero attached hydrogens (tertiary/aromatic N) is 1. The number of hydrogen-bond donors (Lipinski definition) is 1. The van der Waals surface area contributed by atoms with Crippen LogP contribution < -0.4 is 5.32 Å². The number of hydrogen-bond acceptors (Lipinski definition) is 3. The molecule has 2 amide bonds. The van der Waals surface area contributed by atoms with Crippen LogP contribution in [-0.2, 0) is 9.84 Å². The molecule has 2 atom stereocenters. The Kier molecular flexibility index (Phi) is 4.43. The van der Waals surface area contributed by atoms with Crippen LogP contribution in [0.3, 0.4) is 0 Å². The lowest BCUT2D eigenvalue weighted by Crippen LogP contribution is -2.41. The maximum Gasteiger partial charge on any atom is 0.317 e. The molecule has 120 valence electrons. The average Bonchev–Trinajstić information content (AvgIpc) is 2.94. The summed E-state index contributed by atoms with van der Waals surface area (Å²) in [4.78, 5) is 13.9. The van der Waals surface area contributed by atoms with E-state index >= 15 is 0 Å². The van der Waals surface area contributed by atoms with Gasteiger partial charge in [-0.05, 0) is 43.4 Å². The van der Waals surface area contributed by atoms with E-state index in [1.165, 1.54) is 19.3 Å². The van der Waals surface area contributed by atoms with Crippen molar-refractivity contribution in [2.45, 2.75) is 38.5 Å². The summed E-state index contributed by atoms with van der Waals surface area (Å²) in [6, 6.07) is -0.0803. The predicted octanol–water partition coefficient (Wildman–Crippen LogP) is 1.64. The van der Waals surface area contributed by atoms with E-state index in [1.807, 2.05) is 4.90 Å². The van der Waals surface area contributed by atoms with Crippen LogP contribution >= 0.6 is 0 Å². The predicted molar refractivity (Wildman–Crippen MR) is 81.8 cm³/mol. The fourth-order valence-corrected chi connectivity index (χ4v) is 5.56. The lowest BCUT2D eigenvalue weighted by atomic mass is 9.87. The molecule has 21 heavy (non-hydrogen) atoms. The van der Waals surface area contributed by atoms with E-state index in [0.29, 0.717) is 23.5 Å². The molecule has 3 rings (SSSR count). The standard InChI is InChI=1S/C15H26N2O3S/c18-15(17-9-13-5-2-6-14(13)10-17)16-7-8-21(19,20)11-12-3-1-4-12/h12-14H,1-11H2,(H,16,18)/t13-,14-/m1/s1. The molecule has 3 aliphatic rings. The molecular weight excluding hydrogens is 288 g/mol. The van der Waals surface area contributed by atoms with Crippen LogP contribution in [0.4, 0.5) is 4.79 Å². The summed E-state index contributed by atoms with van der Waals surface area (Å²) in [5, 5.41) is 2.79. The minimum Gasteiger partial charge on any atom is -0.337 e. The van der Waals surface area contributed by atoms with Gasteiger partial charge < -0.3 is 10.2 Å². The van der Waals surface area contributed by atoms with Gasteiger partial charge in [0.05, 0.1) is 11.5 Å². The summed E-state index contributed by atoms with van der Waals surface area (Å²) >= 11 is 0. The van der Waals surface area contributed by atoms with Crippen LogP contribution in [0.15, 0.2) is 0 Å². The second-order valence-corrected chi connectivity index (χ2v) is 9.23. The molecule has 1 heterocycles. The molecule has 6 heteroatoms. The number of amides is 2. The van der Waals surface area contributed by atoms with E-state index in [-0.39, 0.29) is 18.3 Å². The number of urea groups is 1. The van der Waals surface area contributed by atoms with E-state index < -0.39 is 9.84 Å². The van der Waals surface area contributed by atoms with E-state index in [4.69, 9.17) is 0 Å². The molecule has 3 fully saturated rings. The van der Waals surface area contributed by atoms with Crippen LogP contribution in [0, 0.1) is 17.8 Å². The van der Waals surface area contributed by atoms with Gasteiger partial charge in [0.1, 0.15) is 0 Å². The lowest BCUT2D eigenvalue weighted by molar-refractivity contribution is 0.205. The Morgan fingerprint density at radius 3 is 2.24 bits per heavy atom. The Labute approximate surface area is 127 Å². The third kappa shape index (κ3) is 3.71. The van der Waals surface area contributed by atoms with Crippen molar-refractivity contribution in [1.82, 2.24) is 10.2 Å². The Hall–Kier alpha value is -0.780. The summed E-state index contributed by atoms with van der Waals surface area (Å²) in [6.07, 6.45) is 7.02. The molecule has 1 N–H and O–H groups in total. The highest BCUT2D eigenvalue weighted by molar-refractivity contribution is 7.91. The molecule has 0 aromatic rings. The number of likely N-dealkylation sites (tertiary alicyclic amines) is 1. The first-order chi connectivity index (χ1) is 10.0. The van der Waals surface area contributed by atoms with Gasteiger partial charge in [-0.2, -0.15) is 0 Å². The first kappa shape index (κ1) is 15.1. The zero-order valence-corrected chi connectivity index (χ0v) is 13.4. The number of nitrogens with one attached hydrogen (secondary N) is 1. The molecule has 1 saturated heterocycles. The zero-order valence-electron chi connectivity index (χ0n) is 12.6. The SMILES string of the molecule is O=C(NCCS(=O)(=O)CC1CCC1)N1C[C@H]2CCC[C@@H]2C1. The molecule has 0 unspecified atom stereocenters. The maximum absolute atomic E-state index is 12.1. The molecule has 0 aromatic heterocycles. The monoisotopic (exact) mass is 314 g/mol. The fraction of sp³-hybridized carbons (Fsp3) is 0.933. The maximum atomic E-state index is 12.1. The highest BCUT2D eigenvalue weighted by Crippen LogP contribution is 2.37. The fourth-order valence-electron chi connectivity index (χ4n) is 3.93. The van der Waals surface area contributed by atoms with Crippen molar-refractivity contribution in [3.8, 4) is 0 Å². The number of carbonyl (C=O) groups is 1. The van der Waals surface area contributed by atoms with Crippen molar-refractivity contribution >= 4 is 15.9 Å². The Morgan fingerprint density at radius 1 is 1.05 bits per heavy atom. The van der Waals surface area contributed by atoms with Crippen LogP contribution in [0.1, 0.15) is 38.5 Å². The smallest absolute Gasteiger partial charge is 0.317 e. The first-order valence-electron chi connectivity index (χ1n) is 8.27. The summed E-state index contributed by atoms with van der Waals surface area (Å²) in [5.41, 5.74) is 0. The molecule has 0 spiro atoms. The van der Waals surface area contributed by atoms with Crippen LogP contribution in [-0.4, -0.2) is 50.5 Å². The van der Waals surface area contributed by atoms with Gasteiger partial charge in [-0.25, -0.2) is 13.2 Å². The average molecular weight is 314 g/mol. The van der Waals surface area contributed by atoms with Gasteiger partial charge in [0.2, 0.25) is 0 Å². The van der Waals surface area contributed by atoms with Crippen molar-refractivity contribution in [1.29, 1.82) is 0 Å². The minimum absolute atomic E-state index is 0.0793. The Morgan fingerprint density at radius 2 is 1.67 bits per heavy atom. The zero-order chi connectivity index (χ0) is 14.9. The van der Waals surface area contributed by atoms with Crippen molar-refractivity contribution in [2.24, 2.45) is 17.8 Å². The van der Waals surface area contributed by atoms with Gasteiger partial charge in [-0.3, -0.25) is 0 Å². The summed E-state index contributed by atoms with van der Waals surface area (Å²) in [6.45, 7) is 1.95. The van der Waals surface area contributed by atoms with Gasteiger partial charge in [0, 0.05) is 19.6 Å². The van der Waals surface area contributed by atoms with Crippen LogP contribution in [0.2, 0.25) is 0 Å². The third-order valence-corrected chi connectivity index (χ3v) is 7.22. The summed E-state index contributed by atoms with van der Waals surface area (Å²) < 4.78 is 23.9. The molecule has 0 radical (unpaired) electrons. The lowest BCUT2D eigenvalue weighted by Gasteiger charge is -2.25. The second-order valence-electron chi connectivity index (χ2n) is 7.00. The summed E-state index contributed by atoms with van der Waals surface area (Å²) in [5.74, 6) is 2.10. The molecule has 5 nitrogen and oxygen atoms in total. The van der Waals surface area contributed by atoms with Crippen molar-refractivity contribution in [3.63, 3.8) is 0 Å². The first-order valence-corrected chi connectivity index (χ1v) is 10.1. The number of rotatable bonds is 5. The molecule has 0 bridgehead atoms. The molecule has 0 aromatic carbocycles. The van der Waals surface area contributed by atoms with E-state index in [9.17, 15) is 13.2 Å². The number of sulfone groups is 1. The van der Waals surface area contributed by atoms with E-state index in [2.05, 4.69) is 5.32 Å². The van der Waals surface area contributed by atoms with Crippen molar-refractivity contribution in [3.05, 3.63) is 0 Å². The highest BCUT2D eigenvalue weighted by Gasteiger charge is 2.37. The third-order valence-electron chi connectivity index (χ3n) is 5.42. The molecule has 2 aliphatic carbocycles. The van der Waals surface area contributed by atoms with Crippen molar-refractivity contribution in [2.75, 3.05) is 31.1 Å². The molecule has 2 saturated carbocycles. The van der Waals surface area contributed by atoms with E-state index in [1.54, 1.807) is 0 Å². The second kappa shape index (κ2) is 6.15. The number of carbonyl (C=O) groups excluding carboxylic acids is 1. The van der Waals surface area contributed by atoms with Crippen LogP contribution in [0.5, 0.6) is 0 Å². The van der Waals surface area contributed by atoms with Gasteiger partial charge in [-0.15, -0.1) is 0 Å². The van der Waals surface area contributed by atoms with E-state index in [0.717, 1.165) is 32.4 Å². The topological polar surface area (TPSA) is 66.5 Å². The Balaban J connectivity index is 1.38. The highest BCUT2D eigenvalue weighted by atomic mass is 32.2. The quantitative estimate of drug-likeness (QED) is 0.839. The van der Waals surface area contributed by atoms with Gasteiger partial charge >= 0.3 is 6.03 Å². The molecular formula is C15H26N2O3S. The summed E-state index contributed by atoms with van der Waals surface area (Å²) in [7, 11) is -3.01. The van der Waals surface area contributed by atoms with Gasteiger partial charge in [-0.1, -0.05) is 12.8 Å². The van der Waals surface area contributed by atoms with Crippen LogP contribution in [0.25, 0.3) is 0 Å². The minimum atomic E-state index is -3.01. The Bertz CT molecular complexity index is 475. The molecule has 1 aliphatic heterocycles. The van der Waals surface area contributed by atoms with Gasteiger partial charge in [0.15, 0.2) is 9.84 Å². The normalized spacial score (nSPS) is 29.2. The van der Waals surface area contributed by atoms with Crippen molar-refractivity contribution < 1.29 is 13.2 Å². The largest absolute Gasteiger partial charge is 0.337 e.